The van der Waals surface area contributed by atoms with E-state index in [4.69, 9.17) is 37.4 Å². The summed E-state index contributed by atoms with van der Waals surface area (Å²) in [7, 11) is 3.03. The summed E-state index contributed by atoms with van der Waals surface area (Å²) in [5, 5.41) is 7.49. The molecule has 5 unspecified atom stereocenters. The molecule has 3 heterocycles. The molecule has 5 rings (SSSR count). The SMILES string of the molecule is COC(CN1C(=O)C2C(Nc3ccc(Cl)c(Cl)c3)C3C=CC2(O3)C1C(=O)NC1CCCCC1)OC. The number of anilines is 1. The molecule has 1 saturated carbocycles. The van der Waals surface area contributed by atoms with Crippen molar-refractivity contribution < 1.29 is 23.8 Å². The zero-order valence-electron chi connectivity index (χ0n) is 19.8. The van der Waals surface area contributed by atoms with Gasteiger partial charge in [-0.2, -0.15) is 0 Å². The minimum Gasteiger partial charge on any atom is -0.378 e. The first kappa shape index (κ1) is 24.8. The second-order valence-corrected chi connectivity index (χ2v) is 10.5. The van der Waals surface area contributed by atoms with Gasteiger partial charge in [-0.3, -0.25) is 9.59 Å². The third-order valence-electron chi connectivity index (χ3n) is 7.70. The number of carbonyl (C=O) groups is 2. The number of rotatable bonds is 8. The van der Waals surface area contributed by atoms with E-state index < -0.39 is 23.9 Å². The number of hydrogen-bond donors (Lipinski definition) is 2. The molecule has 1 aromatic rings. The van der Waals surface area contributed by atoms with Gasteiger partial charge in [0.15, 0.2) is 6.29 Å². The van der Waals surface area contributed by atoms with Gasteiger partial charge < -0.3 is 29.7 Å². The van der Waals surface area contributed by atoms with Crippen LogP contribution in [0.2, 0.25) is 10.0 Å². The Morgan fingerprint density at radius 3 is 2.63 bits per heavy atom. The van der Waals surface area contributed by atoms with E-state index in [9.17, 15) is 9.59 Å². The summed E-state index contributed by atoms with van der Waals surface area (Å²) in [4.78, 5) is 29.2. The molecule has 35 heavy (non-hydrogen) atoms. The fourth-order valence-corrected chi connectivity index (χ4v) is 6.34. The molecule has 1 aliphatic carbocycles. The minimum absolute atomic E-state index is 0.108. The van der Waals surface area contributed by atoms with Gasteiger partial charge in [-0.1, -0.05) is 54.6 Å². The number of fused-ring (bicyclic) bond motifs is 1. The largest absolute Gasteiger partial charge is 0.378 e. The van der Waals surface area contributed by atoms with Crippen LogP contribution in [-0.4, -0.2) is 73.6 Å². The number of amides is 2. The topological polar surface area (TPSA) is 89.1 Å². The monoisotopic (exact) mass is 523 g/mol. The molecule has 3 fully saturated rings. The number of likely N-dealkylation sites (tertiary alicyclic amines) is 1. The highest BCUT2D eigenvalue weighted by molar-refractivity contribution is 6.42. The molecule has 0 aromatic heterocycles. The Hall–Kier alpha value is -1.84. The molecule has 2 saturated heterocycles. The Morgan fingerprint density at radius 2 is 1.94 bits per heavy atom. The average Bonchev–Trinajstić information content (AvgIpc) is 3.48. The molecule has 1 aromatic carbocycles. The average molecular weight is 524 g/mol. The van der Waals surface area contributed by atoms with E-state index in [-0.39, 0.29) is 36.5 Å². The Kier molecular flexibility index (Phi) is 7.03. The standard InChI is InChI=1S/C25H31Cl2N3O5/c1-33-19(34-2)13-30-22(23(31)29-14-6-4-3-5-7-14)25-11-10-18(35-25)21(20(25)24(30)32)28-15-8-9-16(26)17(27)12-15/h8-12,14,18-22,28H,3-7,13H2,1-2H3,(H,29,31). The summed E-state index contributed by atoms with van der Waals surface area (Å²) >= 11 is 12.3. The highest BCUT2D eigenvalue weighted by atomic mass is 35.5. The molecule has 1 spiro atoms. The number of hydrogen-bond acceptors (Lipinski definition) is 6. The number of nitrogens with one attached hydrogen (secondary N) is 2. The van der Waals surface area contributed by atoms with Gasteiger partial charge in [0.2, 0.25) is 11.8 Å². The molecular formula is C25H31Cl2N3O5. The smallest absolute Gasteiger partial charge is 0.246 e. The summed E-state index contributed by atoms with van der Waals surface area (Å²) in [6.07, 6.45) is 8.08. The van der Waals surface area contributed by atoms with E-state index in [1.807, 2.05) is 18.2 Å². The first-order chi connectivity index (χ1) is 16.9. The normalized spacial score (nSPS) is 31.9. The highest BCUT2D eigenvalue weighted by Crippen LogP contribution is 2.53. The predicted octanol–water partition coefficient (Wildman–Crippen LogP) is 3.38. The molecule has 3 aliphatic heterocycles. The molecule has 2 amide bonds. The van der Waals surface area contributed by atoms with Crippen LogP contribution in [0.1, 0.15) is 32.1 Å². The number of nitrogens with zero attached hydrogens (tertiary/aromatic N) is 1. The van der Waals surface area contributed by atoms with Crippen molar-refractivity contribution in [3.8, 4) is 0 Å². The van der Waals surface area contributed by atoms with E-state index in [1.54, 1.807) is 17.0 Å². The quantitative estimate of drug-likeness (QED) is 0.401. The third-order valence-corrected chi connectivity index (χ3v) is 8.44. The first-order valence-electron chi connectivity index (χ1n) is 12.1. The van der Waals surface area contributed by atoms with Gasteiger partial charge in [0.05, 0.1) is 34.7 Å². The Bertz CT molecular complexity index is 1010. The van der Waals surface area contributed by atoms with Crippen LogP contribution in [0.4, 0.5) is 5.69 Å². The lowest BCUT2D eigenvalue weighted by atomic mass is 9.78. The van der Waals surface area contributed by atoms with Gasteiger partial charge in [-0.05, 0) is 31.0 Å². The van der Waals surface area contributed by atoms with Crippen molar-refractivity contribution in [1.82, 2.24) is 10.2 Å². The van der Waals surface area contributed by atoms with Gasteiger partial charge in [-0.15, -0.1) is 0 Å². The van der Waals surface area contributed by atoms with Gasteiger partial charge in [-0.25, -0.2) is 0 Å². The fourth-order valence-electron chi connectivity index (χ4n) is 6.04. The molecule has 0 radical (unpaired) electrons. The summed E-state index contributed by atoms with van der Waals surface area (Å²) in [6.45, 7) is 0.119. The second-order valence-electron chi connectivity index (χ2n) is 9.71. The summed E-state index contributed by atoms with van der Waals surface area (Å²) in [6, 6.07) is 4.16. The molecule has 190 valence electrons. The maximum Gasteiger partial charge on any atom is 0.246 e. The molecule has 2 bridgehead atoms. The number of methoxy groups -OCH3 is 2. The lowest BCUT2D eigenvalue weighted by molar-refractivity contribution is -0.153. The number of ether oxygens (including phenoxy) is 3. The summed E-state index contributed by atoms with van der Waals surface area (Å²) < 4.78 is 17.2. The minimum atomic E-state index is -1.07. The van der Waals surface area contributed by atoms with E-state index in [1.165, 1.54) is 20.6 Å². The maximum absolute atomic E-state index is 13.9. The van der Waals surface area contributed by atoms with Crippen LogP contribution in [-0.2, 0) is 23.8 Å². The molecular weight excluding hydrogens is 493 g/mol. The number of halogens is 2. The van der Waals surface area contributed by atoms with E-state index in [0.29, 0.717) is 10.0 Å². The van der Waals surface area contributed by atoms with Gasteiger partial charge >= 0.3 is 0 Å². The van der Waals surface area contributed by atoms with Crippen molar-refractivity contribution in [2.24, 2.45) is 5.92 Å². The van der Waals surface area contributed by atoms with Crippen molar-refractivity contribution in [3.05, 3.63) is 40.4 Å². The van der Waals surface area contributed by atoms with E-state index in [2.05, 4.69) is 10.6 Å². The molecule has 8 nitrogen and oxygen atoms in total. The first-order valence-corrected chi connectivity index (χ1v) is 12.9. The van der Waals surface area contributed by atoms with Crippen molar-refractivity contribution >= 4 is 40.7 Å². The Labute approximate surface area is 215 Å². The van der Waals surface area contributed by atoms with Gasteiger partial charge in [0.1, 0.15) is 11.6 Å². The molecule has 4 aliphatic rings. The summed E-state index contributed by atoms with van der Waals surface area (Å²) in [5.41, 5.74) is -0.342. The van der Waals surface area contributed by atoms with Gasteiger partial charge in [0.25, 0.3) is 0 Å². The van der Waals surface area contributed by atoms with Gasteiger partial charge in [0, 0.05) is 25.9 Å². The van der Waals surface area contributed by atoms with Crippen LogP contribution in [0.15, 0.2) is 30.4 Å². The number of benzene rings is 1. The predicted molar refractivity (Wildman–Crippen MR) is 132 cm³/mol. The Morgan fingerprint density at radius 1 is 1.20 bits per heavy atom. The lowest BCUT2D eigenvalue weighted by Gasteiger charge is -2.35. The zero-order chi connectivity index (χ0) is 24.7. The van der Waals surface area contributed by atoms with Crippen molar-refractivity contribution in [2.75, 3.05) is 26.1 Å². The molecule has 2 N–H and O–H groups in total. The van der Waals surface area contributed by atoms with Crippen LogP contribution in [0.25, 0.3) is 0 Å². The van der Waals surface area contributed by atoms with Crippen LogP contribution in [0.3, 0.4) is 0 Å². The third kappa shape index (κ3) is 4.33. The van der Waals surface area contributed by atoms with Crippen LogP contribution in [0, 0.1) is 5.92 Å². The molecule has 10 heteroatoms. The van der Waals surface area contributed by atoms with Crippen LogP contribution >= 0.6 is 23.2 Å². The summed E-state index contributed by atoms with van der Waals surface area (Å²) in [5.74, 6) is -0.958. The van der Waals surface area contributed by atoms with Crippen LogP contribution < -0.4 is 10.6 Å². The van der Waals surface area contributed by atoms with Crippen molar-refractivity contribution in [3.63, 3.8) is 0 Å². The van der Waals surface area contributed by atoms with E-state index >= 15 is 0 Å². The Balaban J connectivity index is 1.46. The van der Waals surface area contributed by atoms with E-state index in [0.717, 1.165) is 31.4 Å². The molecule has 5 atom stereocenters. The van der Waals surface area contributed by atoms with Crippen molar-refractivity contribution in [2.45, 2.75) is 68.2 Å². The zero-order valence-corrected chi connectivity index (χ0v) is 21.3. The fraction of sp³-hybridized carbons (Fsp3) is 0.600. The second kappa shape index (κ2) is 9.90. The number of carbonyl (C=O) groups excluding carboxylic acids is 2. The van der Waals surface area contributed by atoms with Crippen molar-refractivity contribution in [1.29, 1.82) is 0 Å². The van der Waals surface area contributed by atoms with Crippen LogP contribution in [0.5, 0.6) is 0 Å². The highest BCUT2D eigenvalue weighted by Gasteiger charge is 2.71. The maximum atomic E-state index is 13.9. The lowest BCUT2D eigenvalue weighted by Crippen LogP contribution is -2.57.